The number of rotatable bonds is 14. The number of nitriles is 1. The van der Waals surface area contributed by atoms with Crippen LogP contribution in [0.5, 0.6) is 0 Å². The van der Waals surface area contributed by atoms with E-state index in [-0.39, 0.29) is 41.0 Å². The quantitative estimate of drug-likeness (QED) is 0.0939. The fraction of sp³-hybridized carbons (Fsp3) is 0.491. The zero-order chi connectivity index (χ0) is 54.9. The molecule has 3 amide bonds. The van der Waals surface area contributed by atoms with Crippen molar-refractivity contribution in [3.63, 3.8) is 0 Å². The highest BCUT2D eigenvalue weighted by Gasteiger charge is 2.34. The van der Waals surface area contributed by atoms with Crippen LogP contribution in [0.15, 0.2) is 103 Å². The van der Waals surface area contributed by atoms with Gasteiger partial charge in [-0.15, -0.1) is 0 Å². The van der Waals surface area contributed by atoms with Gasteiger partial charge in [0.25, 0.3) is 5.91 Å². The molecule has 71 heavy (non-hydrogen) atoms. The van der Waals surface area contributed by atoms with E-state index in [1.54, 1.807) is 76.4 Å². The average molecular weight is 995 g/mol. The topological polar surface area (TPSA) is 181 Å². The summed E-state index contributed by atoms with van der Waals surface area (Å²) in [5.41, 5.74) is 3.16. The van der Waals surface area contributed by atoms with Crippen LogP contribution in [0.2, 0.25) is 0 Å². The standard InChI is InChI=1S/C16H23N3O2.C13H19BN2O3S.C11H13N3.C9H10O.3C2H6/c1-12(2)15(20)18(3)11-13-8-14(10-17-9-13)16(21)19-6-4-5-7-19;1-5-20(19)10-6-7-15-11(8-10)13(14,18)16(4)12(17)9(2)3;1-9(2)14(3)8-11-6-10(7-12)4-5-13-11;1-8(10)7-9-5-3-2-4-6-9;3*1-2/h8-10,12H,4-7,11H2,1-3H3;6-9,18H,5H2,1-4H3;4-6H,1,8H2,2-3H3;2-6H,7H2,1H3;3*1-2H3. The second-order valence-corrected chi connectivity index (χ2v) is 18.1. The number of aromatic nitrogens is 3. The minimum Gasteiger partial charge on any atom is -0.374 e. The van der Waals surface area contributed by atoms with E-state index in [9.17, 15) is 28.5 Å². The van der Waals surface area contributed by atoms with E-state index in [0.717, 1.165) is 53.3 Å². The van der Waals surface area contributed by atoms with E-state index in [1.807, 2.05) is 116 Å². The molecule has 16 heteroatoms. The number of nitrogens with zero attached hydrogens (tertiary/aromatic N) is 8. The van der Waals surface area contributed by atoms with Gasteiger partial charge in [-0.2, -0.15) is 5.26 Å². The molecule has 388 valence electrons. The number of pyridine rings is 3. The van der Waals surface area contributed by atoms with Crippen molar-refractivity contribution in [3.8, 4) is 6.07 Å². The molecule has 1 saturated heterocycles. The Labute approximate surface area is 430 Å². The molecule has 0 aliphatic carbocycles. The van der Waals surface area contributed by atoms with Gasteiger partial charge in [0.15, 0.2) is 7.85 Å². The summed E-state index contributed by atoms with van der Waals surface area (Å²) in [6.07, 6.45) is 9.10. The highest BCUT2D eigenvalue weighted by molar-refractivity contribution is 7.85. The lowest BCUT2D eigenvalue weighted by Gasteiger charge is -2.35. The summed E-state index contributed by atoms with van der Waals surface area (Å²) in [4.78, 5) is 66.2. The Morgan fingerprint density at radius 2 is 1.38 bits per heavy atom. The van der Waals surface area contributed by atoms with Gasteiger partial charge in [-0.25, -0.2) is 0 Å². The molecule has 4 heterocycles. The maximum absolute atomic E-state index is 12.3. The van der Waals surface area contributed by atoms with Crippen molar-refractivity contribution in [2.75, 3.05) is 40.0 Å². The molecule has 1 N–H and O–H groups in total. The molecule has 2 atom stereocenters. The molecule has 5 rings (SSSR count). The number of allylic oxidation sites excluding steroid dienone is 1. The number of Topliss-reactive ketones (excluding diaryl/α,β-unsaturated/α-hetero) is 1. The average Bonchev–Trinajstić information content (AvgIpc) is 3.93. The van der Waals surface area contributed by atoms with Crippen LogP contribution < -0.4 is 0 Å². The second-order valence-electron chi connectivity index (χ2n) is 16.3. The molecule has 0 bridgehead atoms. The number of carbonyl (C=O) groups is 4. The molecule has 1 aliphatic heterocycles. The largest absolute Gasteiger partial charge is 0.374 e. The first-order chi connectivity index (χ1) is 33.6. The van der Waals surface area contributed by atoms with Gasteiger partial charge in [0, 0.05) is 100 Å². The lowest BCUT2D eigenvalue weighted by molar-refractivity contribution is -0.147. The van der Waals surface area contributed by atoms with E-state index in [0.29, 0.717) is 41.3 Å². The lowest BCUT2D eigenvalue weighted by atomic mass is 9.85. The number of benzene rings is 1. The van der Waals surface area contributed by atoms with Gasteiger partial charge in [0.05, 0.1) is 45.9 Å². The fourth-order valence-corrected chi connectivity index (χ4v) is 6.92. The van der Waals surface area contributed by atoms with Crippen molar-refractivity contribution < 1.29 is 28.5 Å². The molecule has 1 aromatic carbocycles. The molecule has 2 unspecified atom stereocenters. The molecule has 1 aliphatic rings. The van der Waals surface area contributed by atoms with E-state index in [2.05, 4.69) is 27.6 Å². The fourth-order valence-electron chi connectivity index (χ4n) is 6.13. The van der Waals surface area contributed by atoms with Gasteiger partial charge >= 0.3 is 0 Å². The molecule has 1 fully saturated rings. The minimum atomic E-state index is -2.03. The van der Waals surface area contributed by atoms with Crippen LogP contribution in [-0.4, -0.2) is 115 Å². The predicted octanol–water partition coefficient (Wildman–Crippen LogP) is 9.34. The van der Waals surface area contributed by atoms with Crippen molar-refractivity contribution in [1.29, 1.82) is 5.26 Å². The Kier molecular flexibility index (Phi) is 34.8. The summed E-state index contributed by atoms with van der Waals surface area (Å²) in [6, 6.07) is 20.2. The van der Waals surface area contributed by atoms with Crippen molar-refractivity contribution in [2.45, 2.75) is 133 Å². The third kappa shape index (κ3) is 25.1. The first-order valence-electron chi connectivity index (χ1n) is 24.5. The maximum Gasteiger partial charge on any atom is 0.255 e. The smallest absolute Gasteiger partial charge is 0.255 e. The SMILES string of the molecule is C=C(C)N(C)Cc1cc(C#N)ccn1.CC.CC.CC.CC(=O)Cc1ccccc1.CC(C)C(=O)N(C)Cc1cncc(C(=O)N2CCCC2)c1.[B]C(O)(c1cc(S(=O)CC)ccn1)N(C)C(=O)C(C)C. The summed E-state index contributed by atoms with van der Waals surface area (Å²) >= 11 is 0. The number of likely N-dealkylation sites (tertiary alicyclic amines) is 1. The second kappa shape index (κ2) is 36.8. The van der Waals surface area contributed by atoms with E-state index in [4.69, 9.17) is 13.1 Å². The van der Waals surface area contributed by atoms with Crippen molar-refractivity contribution >= 4 is 42.2 Å². The highest BCUT2D eigenvalue weighted by Crippen LogP contribution is 2.23. The summed E-state index contributed by atoms with van der Waals surface area (Å²) in [6.45, 7) is 31.2. The number of carbonyl (C=O) groups excluding carboxylic acids is 4. The van der Waals surface area contributed by atoms with Crippen LogP contribution in [0.1, 0.15) is 141 Å². The summed E-state index contributed by atoms with van der Waals surface area (Å²) < 4.78 is 11.8. The van der Waals surface area contributed by atoms with Crippen LogP contribution in [-0.2, 0) is 50.3 Å². The molecule has 4 aromatic rings. The number of aliphatic hydroxyl groups is 1. The Balaban J connectivity index is 0. The number of hydrogen-bond donors (Lipinski definition) is 1. The maximum atomic E-state index is 12.3. The lowest BCUT2D eigenvalue weighted by Crippen LogP contribution is -2.49. The minimum absolute atomic E-state index is 0.0302. The predicted molar refractivity (Wildman–Crippen MR) is 289 cm³/mol. The Hall–Kier alpha value is -6.05. The highest BCUT2D eigenvalue weighted by atomic mass is 32.2. The van der Waals surface area contributed by atoms with Crippen molar-refractivity contribution in [1.82, 2.24) is 34.6 Å². The molecule has 2 radical (unpaired) electrons. The van der Waals surface area contributed by atoms with Gasteiger partial charge in [-0.05, 0) is 68.1 Å². The van der Waals surface area contributed by atoms with Crippen LogP contribution in [0.25, 0.3) is 0 Å². The molecule has 3 aromatic heterocycles. The molecular formula is C55H83BN8O6S. The number of amides is 3. The van der Waals surface area contributed by atoms with E-state index >= 15 is 0 Å². The summed E-state index contributed by atoms with van der Waals surface area (Å²) in [5.74, 6) is 0.157. The Morgan fingerprint density at radius 1 is 0.817 bits per heavy atom. The van der Waals surface area contributed by atoms with Crippen LogP contribution in [0.3, 0.4) is 0 Å². The van der Waals surface area contributed by atoms with Gasteiger partial charge in [-0.1, -0.05) is 113 Å². The molecule has 14 nitrogen and oxygen atoms in total. The molecule has 0 saturated carbocycles. The third-order valence-electron chi connectivity index (χ3n) is 9.99. The normalized spacial score (nSPS) is 12.1. The zero-order valence-corrected chi connectivity index (χ0v) is 46.5. The monoisotopic (exact) mass is 995 g/mol. The number of hydrogen-bond acceptors (Lipinski definition) is 11. The van der Waals surface area contributed by atoms with E-state index < -0.39 is 16.4 Å². The first-order valence-corrected chi connectivity index (χ1v) is 25.8. The zero-order valence-electron chi connectivity index (χ0n) is 45.7. The van der Waals surface area contributed by atoms with Gasteiger partial charge < -0.3 is 24.7 Å². The van der Waals surface area contributed by atoms with Crippen LogP contribution in [0, 0.1) is 23.2 Å². The Bertz CT molecular complexity index is 2260. The number of ketones is 1. The van der Waals surface area contributed by atoms with E-state index in [1.165, 1.54) is 19.3 Å². The van der Waals surface area contributed by atoms with Gasteiger partial charge in [0.2, 0.25) is 11.8 Å². The van der Waals surface area contributed by atoms with Crippen molar-refractivity contribution in [2.24, 2.45) is 11.8 Å². The van der Waals surface area contributed by atoms with Crippen molar-refractivity contribution in [3.05, 3.63) is 131 Å². The van der Waals surface area contributed by atoms with Gasteiger partial charge in [0.1, 0.15) is 11.4 Å². The summed E-state index contributed by atoms with van der Waals surface area (Å²) in [5, 5.41) is 19.1. The van der Waals surface area contributed by atoms with Crippen LogP contribution in [0.4, 0.5) is 0 Å². The van der Waals surface area contributed by atoms with Crippen LogP contribution >= 0.6 is 0 Å². The Morgan fingerprint density at radius 3 is 1.89 bits per heavy atom. The summed E-state index contributed by atoms with van der Waals surface area (Å²) in [7, 11) is 9.78. The van der Waals surface area contributed by atoms with Gasteiger partial charge in [-0.3, -0.25) is 38.3 Å². The first kappa shape index (κ1) is 67.0. The molecule has 0 spiro atoms. The molecular weight excluding hydrogens is 912 g/mol. The third-order valence-corrected chi connectivity index (χ3v) is 11.3.